The van der Waals surface area contributed by atoms with Crippen LogP contribution in [-0.2, 0) is 24.4 Å². The number of carbonyl (C=O) groups is 1. The Labute approximate surface area is 169 Å². The van der Waals surface area contributed by atoms with Gasteiger partial charge in [-0.25, -0.2) is 4.39 Å². The van der Waals surface area contributed by atoms with Crippen molar-refractivity contribution in [3.8, 4) is 5.75 Å². The van der Waals surface area contributed by atoms with E-state index in [-0.39, 0.29) is 11.7 Å². The average molecular weight is 396 g/mol. The van der Waals surface area contributed by atoms with Crippen LogP contribution in [0.4, 0.5) is 4.39 Å². The van der Waals surface area contributed by atoms with Gasteiger partial charge in [-0.3, -0.25) is 9.48 Å². The number of nitrogens with zero attached hydrogens (tertiary/aromatic N) is 3. The zero-order chi connectivity index (χ0) is 20.3. The zero-order valence-corrected chi connectivity index (χ0v) is 16.3. The molecule has 6 nitrogen and oxygen atoms in total. The van der Waals surface area contributed by atoms with Gasteiger partial charge in [0.05, 0.1) is 6.20 Å². The third-order valence-electron chi connectivity index (χ3n) is 4.41. The first-order chi connectivity index (χ1) is 14.2. The fourth-order valence-corrected chi connectivity index (χ4v) is 2.89. The Morgan fingerprint density at radius 3 is 2.69 bits per heavy atom. The van der Waals surface area contributed by atoms with E-state index in [0.717, 1.165) is 11.4 Å². The number of carbonyl (C=O) groups excluding carboxylic acids is 1. The molecule has 0 atom stereocenters. The van der Waals surface area contributed by atoms with E-state index in [1.807, 2.05) is 42.6 Å². The van der Waals surface area contributed by atoms with E-state index in [9.17, 15) is 9.18 Å². The Morgan fingerprint density at radius 1 is 1.07 bits per heavy atom. The summed E-state index contributed by atoms with van der Waals surface area (Å²) in [5.41, 5.74) is 1.42. The van der Waals surface area contributed by atoms with Crippen molar-refractivity contribution in [2.75, 3.05) is 6.54 Å². The lowest BCUT2D eigenvalue weighted by Gasteiger charge is -2.06. The van der Waals surface area contributed by atoms with Crippen molar-refractivity contribution in [1.82, 2.24) is 20.3 Å². The number of amides is 1. The van der Waals surface area contributed by atoms with E-state index < -0.39 is 0 Å². The molecule has 1 amide bonds. The summed E-state index contributed by atoms with van der Waals surface area (Å²) in [4.78, 5) is 11.9. The Balaban J connectivity index is 1.28. The number of nitrogens with one attached hydrogen (secondary N) is 1. The highest BCUT2D eigenvalue weighted by Gasteiger charge is 2.05. The van der Waals surface area contributed by atoms with Crippen molar-refractivity contribution in [2.45, 2.75) is 38.8 Å². The number of hydrogen-bond acceptors (Lipinski definition) is 4. The van der Waals surface area contributed by atoms with Crippen molar-refractivity contribution in [3.63, 3.8) is 0 Å². The predicted octanol–water partition coefficient (Wildman–Crippen LogP) is 3.53. The van der Waals surface area contributed by atoms with Gasteiger partial charge in [0.2, 0.25) is 5.91 Å². The lowest BCUT2D eigenvalue weighted by atomic mass is 10.1. The monoisotopic (exact) mass is 396 g/mol. The molecule has 7 heteroatoms. The van der Waals surface area contributed by atoms with Crippen LogP contribution >= 0.6 is 0 Å². The maximum atomic E-state index is 13.5. The van der Waals surface area contributed by atoms with Gasteiger partial charge in [-0.05, 0) is 43.0 Å². The number of aromatic nitrogens is 3. The van der Waals surface area contributed by atoms with Gasteiger partial charge in [0.1, 0.15) is 23.9 Å². The first-order valence-electron chi connectivity index (χ1n) is 9.77. The van der Waals surface area contributed by atoms with Crippen LogP contribution in [0.5, 0.6) is 5.75 Å². The third kappa shape index (κ3) is 7.03. The van der Waals surface area contributed by atoms with Crippen molar-refractivity contribution in [1.29, 1.82) is 0 Å². The molecular formula is C22H25FN4O2. The SMILES string of the molecule is O=C(CCCn1cc(COc2ccccc2)nn1)NCCCc1ccccc1F. The quantitative estimate of drug-likeness (QED) is 0.504. The first-order valence-corrected chi connectivity index (χ1v) is 9.77. The van der Waals surface area contributed by atoms with Crippen LogP contribution in [0.25, 0.3) is 0 Å². The molecule has 3 aromatic rings. The molecule has 1 N–H and O–H groups in total. The predicted molar refractivity (Wildman–Crippen MR) is 108 cm³/mol. The van der Waals surface area contributed by atoms with E-state index in [2.05, 4.69) is 15.6 Å². The second kappa shape index (κ2) is 10.9. The van der Waals surface area contributed by atoms with Gasteiger partial charge in [0.25, 0.3) is 0 Å². The van der Waals surface area contributed by atoms with E-state index >= 15 is 0 Å². The number of aryl methyl sites for hydroxylation is 2. The molecular weight excluding hydrogens is 371 g/mol. The molecule has 0 aliphatic rings. The Hall–Kier alpha value is -3.22. The van der Waals surface area contributed by atoms with Gasteiger partial charge >= 0.3 is 0 Å². The molecule has 0 saturated carbocycles. The average Bonchev–Trinajstić information content (AvgIpc) is 3.19. The summed E-state index contributed by atoms with van der Waals surface area (Å²) in [5, 5.41) is 11.0. The fraction of sp³-hybridized carbons (Fsp3) is 0.318. The van der Waals surface area contributed by atoms with Gasteiger partial charge in [-0.2, -0.15) is 0 Å². The Bertz CT molecular complexity index is 899. The van der Waals surface area contributed by atoms with Gasteiger partial charge in [0, 0.05) is 19.5 Å². The highest BCUT2D eigenvalue weighted by Crippen LogP contribution is 2.10. The molecule has 2 aromatic carbocycles. The topological polar surface area (TPSA) is 69.0 Å². The van der Waals surface area contributed by atoms with Crippen molar-refractivity contribution < 1.29 is 13.9 Å². The van der Waals surface area contributed by atoms with E-state index in [0.29, 0.717) is 50.9 Å². The summed E-state index contributed by atoms with van der Waals surface area (Å²) in [7, 11) is 0. The number of para-hydroxylation sites is 1. The number of rotatable bonds is 11. The molecule has 0 spiro atoms. The molecule has 0 fully saturated rings. The highest BCUT2D eigenvalue weighted by molar-refractivity contribution is 5.75. The number of halogens is 1. The molecule has 0 aliphatic heterocycles. The number of benzene rings is 2. The highest BCUT2D eigenvalue weighted by atomic mass is 19.1. The van der Waals surface area contributed by atoms with E-state index in [1.165, 1.54) is 6.07 Å². The second-order valence-corrected chi connectivity index (χ2v) is 6.72. The van der Waals surface area contributed by atoms with Crippen molar-refractivity contribution >= 4 is 5.91 Å². The van der Waals surface area contributed by atoms with Gasteiger partial charge in [0.15, 0.2) is 0 Å². The van der Waals surface area contributed by atoms with E-state index in [1.54, 1.807) is 16.8 Å². The maximum Gasteiger partial charge on any atom is 0.220 e. The lowest BCUT2D eigenvalue weighted by Crippen LogP contribution is -2.24. The van der Waals surface area contributed by atoms with Gasteiger partial charge in [-0.15, -0.1) is 5.10 Å². The summed E-state index contributed by atoms with van der Waals surface area (Å²) < 4.78 is 20.9. The molecule has 1 heterocycles. The van der Waals surface area contributed by atoms with Gasteiger partial charge < -0.3 is 10.1 Å². The summed E-state index contributed by atoms with van der Waals surface area (Å²) in [5.74, 6) is 0.584. The first kappa shape index (κ1) is 20.5. The molecule has 0 bridgehead atoms. The van der Waals surface area contributed by atoms with Crippen molar-refractivity contribution in [2.24, 2.45) is 0 Å². The maximum absolute atomic E-state index is 13.5. The van der Waals surface area contributed by atoms with Crippen molar-refractivity contribution in [3.05, 3.63) is 77.9 Å². The number of ether oxygens (including phenoxy) is 1. The summed E-state index contributed by atoms with van der Waals surface area (Å²) in [6, 6.07) is 16.3. The summed E-state index contributed by atoms with van der Waals surface area (Å²) in [6.07, 6.45) is 4.23. The molecule has 3 rings (SSSR count). The van der Waals surface area contributed by atoms with Crippen LogP contribution in [-0.4, -0.2) is 27.4 Å². The normalized spacial score (nSPS) is 10.7. The minimum atomic E-state index is -0.194. The zero-order valence-electron chi connectivity index (χ0n) is 16.3. The van der Waals surface area contributed by atoms with Crippen LogP contribution < -0.4 is 10.1 Å². The van der Waals surface area contributed by atoms with E-state index in [4.69, 9.17) is 4.74 Å². The van der Waals surface area contributed by atoms with Crippen LogP contribution in [0.1, 0.15) is 30.5 Å². The van der Waals surface area contributed by atoms with Gasteiger partial charge in [-0.1, -0.05) is 41.6 Å². The lowest BCUT2D eigenvalue weighted by molar-refractivity contribution is -0.121. The minimum absolute atomic E-state index is 0.00807. The number of hydrogen-bond donors (Lipinski definition) is 1. The molecule has 152 valence electrons. The molecule has 0 aliphatic carbocycles. The largest absolute Gasteiger partial charge is 0.487 e. The van der Waals surface area contributed by atoms with Crippen LogP contribution in [0.2, 0.25) is 0 Å². The standard InChI is InChI=1S/C22H25FN4O2/c23-21-12-5-4-8-18(21)9-6-14-24-22(28)13-7-15-27-16-19(25-26-27)17-29-20-10-2-1-3-11-20/h1-5,8,10-12,16H,6-7,9,13-15,17H2,(H,24,28). The summed E-state index contributed by atoms with van der Waals surface area (Å²) >= 11 is 0. The van der Waals surface area contributed by atoms with Crippen LogP contribution in [0.3, 0.4) is 0 Å². The van der Waals surface area contributed by atoms with Crippen LogP contribution in [0.15, 0.2) is 60.8 Å². The molecule has 0 unspecified atom stereocenters. The molecule has 0 saturated heterocycles. The Morgan fingerprint density at radius 2 is 1.86 bits per heavy atom. The second-order valence-electron chi connectivity index (χ2n) is 6.72. The van der Waals surface area contributed by atoms with Crippen LogP contribution in [0, 0.1) is 5.82 Å². The Kier molecular flexibility index (Phi) is 7.74. The molecule has 29 heavy (non-hydrogen) atoms. The minimum Gasteiger partial charge on any atom is -0.487 e. The third-order valence-corrected chi connectivity index (χ3v) is 4.41. The molecule has 1 aromatic heterocycles. The fourth-order valence-electron chi connectivity index (χ4n) is 2.89. The summed E-state index contributed by atoms with van der Waals surface area (Å²) in [6.45, 7) is 1.50. The smallest absolute Gasteiger partial charge is 0.220 e. The molecule has 0 radical (unpaired) electrons.